The molecule has 2 heteroatoms. The minimum Gasteiger partial charge on any atom is -0.389 e. The van der Waals surface area contributed by atoms with Gasteiger partial charge in [0.1, 0.15) is 0 Å². The molecule has 1 fully saturated rings. The van der Waals surface area contributed by atoms with Crippen molar-refractivity contribution in [2.75, 3.05) is 6.54 Å². The Morgan fingerprint density at radius 2 is 1.58 bits per heavy atom. The topological polar surface area (TPSA) is 32.3 Å². The van der Waals surface area contributed by atoms with Crippen molar-refractivity contribution in [1.29, 1.82) is 0 Å². The second kappa shape index (κ2) is 5.64. The van der Waals surface area contributed by atoms with Crippen molar-refractivity contribution in [2.45, 2.75) is 63.0 Å². The Labute approximate surface area is 116 Å². The molecule has 0 aromatic heterocycles. The highest BCUT2D eigenvalue weighted by atomic mass is 16.3. The van der Waals surface area contributed by atoms with Crippen molar-refractivity contribution >= 4 is 0 Å². The van der Waals surface area contributed by atoms with E-state index in [1.54, 1.807) is 0 Å². The Balaban J connectivity index is 1.53. The fourth-order valence-corrected chi connectivity index (χ4v) is 3.60. The first-order chi connectivity index (χ1) is 9.25. The highest BCUT2D eigenvalue weighted by Gasteiger charge is 2.29. The summed E-state index contributed by atoms with van der Waals surface area (Å²) in [6, 6.07) is 9.24. The van der Waals surface area contributed by atoms with Gasteiger partial charge in [0.25, 0.3) is 0 Å². The van der Waals surface area contributed by atoms with Crippen LogP contribution in [0.1, 0.15) is 49.7 Å². The normalized spacial score (nSPS) is 23.0. The summed E-state index contributed by atoms with van der Waals surface area (Å²) in [5.74, 6) is 0. The van der Waals surface area contributed by atoms with E-state index in [0.29, 0.717) is 6.04 Å². The van der Waals surface area contributed by atoms with Gasteiger partial charge in [-0.1, -0.05) is 49.9 Å². The summed E-state index contributed by atoms with van der Waals surface area (Å²) in [4.78, 5) is 0. The van der Waals surface area contributed by atoms with E-state index in [9.17, 15) is 5.11 Å². The van der Waals surface area contributed by atoms with Crippen LogP contribution < -0.4 is 5.32 Å². The molecular formula is C17H25NO. The van der Waals surface area contributed by atoms with E-state index >= 15 is 0 Å². The third-order valence-electron chi connectivity index (χ3n) is 4.81. The minimum atomic E-state index is -0.453. The van der Waals surface area contributed by atoms with Crippen LogP contribution in [0.3, 0.4) is 0 Å². The highest BCUT2D eigenvalue weighted by Crippen LogP contribution is 2.27. The minimum absolute atomic E-state index is 0.453. The van der Waals surface area contributed by atoms with Crippen LogP contribution in [0.5, 0.6) is 0 Å². The monoisotopic (exact) mass is 259 g/mol. The lowest BCUT2D eigenvalue weighted by Gasteiger charge is -2.28. The Hall–Kier alpha value is -0.860. The van der Waals surface area contributed by atoms with Gasteiger partial charge in [0.15, 0.2) is 0 Å². The number of hydrogen-bond donors (Lipinski definition) is 2. The zero-order chi connectivity index (χ0) is 13.1. The fourth-order valence-electron chi connectivity index (χ4n) is 3.60. The van der Waals surface area contributed by atoms with Gasteiger partial charge in [-0.05, 0) is 36.8 Å². The van der Waals surface area contributed by atoms with Crippen molar-refractivity contribution in [3.8, 4) is 0 Å². The van der Waals surface area contributed by atoms with Crippen LogP contribution in [0.25, 0.3) is 0 Å². The molecule has 0 unspecified atom stereocenters. The average Bonchev–Trinajstić information content (AvgIpc) is 2.72. The molecule has 1 saturated carbocycles. The van der Waals surface area contributed by atoms with Crippen LogP contribution in [0, 0.1) is 0 Å². The van der Waals surface area contributed by atoms with E-state index < -0.39 is 5.60 Å². The molecule has 0 bridgehead atoms. The maximum absolute atomic E-state index is 10.7. The summed E-state index contributed by atoms with van der Waals surface area (Å²) in [7, 11) is 0. The van der Waals surface area contributed by atoms with Gasteiger partial charge in [0, 0.05) is 12.6 Å². The second-order valence-corrected chi connectivity index (χ2v) is 6.39. The molecule has 19 heavy (non-hydrogen) atoms. The van der Waals surface area contributed by atoms with Gasteiger partial charge in [0.05, 0.1) is 5.60 Å². The summed E-state index contributed by atoms with van der Waals surface area (Å²) < 4.78 is 0. The molecular weight excluding hydrogens is 234 g/mol. The lowest BCUT2D eigenvalue weighted by atomic mass is 9.94. The van der Waals surface area contributed by atoms with Gasteiger partial charge in [-0.15, -0.1) is 0 Å². The maximum Gasteiger partial charge on any atom is 0.0771 e. The van der Waals surface area contributed by atoms with Gasteiger partial charge < -0.3 is 10.4 Å². The van der Waals surface area contributed by atoms with Crippen LogP contribution in [-0.4, -0.2) is 23.3 Å². The maximum atomic E-state index is 10.7. The molecule has 0 amide bonds. The number of aliphatic hydroxyl groups is 1. The lowest BCUT2D eigenvalue weighted by Crippen LogP contribution is -2.44. The van der Waals surface area contributed by atoms with Gasteiger partial charge in [-0.2, -0.15) is 0 Å². The van der Waals surface area contributed by atoms with Gasteiger partial charge >= 0.3 is 0 Å². The molecule has 2 aliphatic rings. The van der Waals surface area contributed by atoms with E-state index in [4.69, 9.17) is 0 Å². The first-order valence-corrected chi connectivity index (χ1v) is 7.78. The molecule has 2 aliphatic carbocycles. The average molecular weight is 259 g/mol. The van der Waals surface area contributed by atoms with Crippen molar-refractivity contribution in [3.63, 3.8) is 0 Å². The Morgan fingerprint density at radius 1 is 1.00 bits per heavy atom. The molecule has 0 saturated heterocycles. The molecule has 2 N–H and O–H groups in total. The SMILES string of the molecule is OC1(CNC2Cc3ccccc3C2)CCCCCC1. The first-order valence-electron chi connectivity index (χ1n) is 7.78. The third kappa shape index (κ3) is 3.18. The van der Waals surface area contributed by atoms with Crippen LogP contribution in [-0.2, 0) is 12.8 Å². The van der Waals surface area contributed by atoms with Gasteiger partial charge in [-0.3, -0.25) is 0 Å². The van der Waals surface area contributed by atoms with Crippen molar-refractivity contribution < 1.29 is 5.11 Å². The quantitative estimate of drug-likeness (QED) is 0.818. The Kier molecular flexibility index (Phi) is 3.90. The summed E-state index contributed by atoms with van der Waals surface area (Å²) in [6.07, 6.45) is 9.12. The molecule has 0 heterocycles. The zero-order valence-corrected chi connectivity index (χ0v) is 11.7. The number of benzene rings is 1. The second-order valence-electron chi connectivity index (χ2n) is 6.39. The van der Waals surface area contributed by atoms with Crippen molar-refractivity contribution in [2.24, 2.45) is 0 Å². The standard InChI is InChI=1S/C17H25NO/c19-17(9-5-1-2-6-10-17)13-18-16-11-14-7-3-4-8-15(14)12-16/h3-4,7-8,16,18-19H,1-2,5-6,9-13H2. The molecule has 0 radical (unpaired) electrons. The van der Waals surface area contributed by atoms with E-state index in [-0.39, 0.29) is 0 Å². The van der Waals surface area contributed by atoms with E-state index in [1.807, 2.05) is 0 Å². The molecule has 3 rings (SSSR count). The summed E-state index contributed by atoms with van der Waals surface area (Å²) in [5.41, 5.74) is 2.51. The van der Waals surface area contributed by atoms with Crippen LogP contribution in [0.2, 0.25) is 0 Å². The predicted octanol–water partition coefficient (Wildman–Crippen LogP) is 2.83. The zero-order valence-electron chi connectivity index (χ0n) is 11.7. The molecule has 0 spiro atoms. The summed E-state index contributed by atoms with van der Waals surface area (Å²) in [6.45, 7) is 0.769. The predicted molar refractivity (Wildman–Crippen MR) is 78.3 cm³/mol. The molecule has 104 valence electrons. The third-order valence-corrected chi connectivity index (χ3v) is 4.81. The smallest absolute Gasteiger partial charge is 0.0771 e. The molecule has 0 aliphatic heterocycles. The number of fused-ring (bicyclic) bond motifs is 1. The highest BCUT2D eigenvalue weighted by molar-refractivity contribution is 5.33. The van der Waals surface area contributed by atoms with E-state index in [1.165, 1.54) is 36.8 Å². The van der Waals surface area contributed by atoms with Gasteiger partial charge in [-0.25, -0.2) is 0 Å². The van der Waals surface area contributed by atoms with Crippen LogP contribution >= 0.6 is 0 Å². The number of hydrogen-bond acceptors (Lipinski definition) is 2. The van der Waals surface area contributed by atoms with Crippen molar-refractivity contribution in [1.82, 2.24) is 5.32 Å². The summed E-state index contributed by atoms with van der Waals surface area (Å²) >= 11 is 0. The summed E-state index contributed by atoms with van der Waals surface area (Å²) in [5, 5.41) is 14.3. The number of nitrogens with one attached hydrogen (secondary N) is 1. The van der Waals surface area contributed by atoms with Crippen molar-refractivity contribution in [3.05, 3.63) is 35.4 Å². The Morgan fingerprint density at radius 3 is 2.16 bits per heavy atom. The van der Waals surface area contributed by atoms with E-state index in [2.05, 4.69) is 29.6 Å². The van der Waals surface area contributed by atoms with E-state index in [0.717, 1.165) is 32.2 Å². The van der Waals surface area contributed by atoms with Gasteiger partial charge in [0.2, 0.25) is 0 Å². The number of rotatable bonds is 3. The van der Waals surface area contributed by atoms with Crippen LogP contribution in [0.4, 0.5) is 0 Å². The molecule has 2 nitrogen and oxygen atoms in total. The lowest BCUT2D eigenvalue weighted by molar-refractivity contribution is 0.0230. The molecule has 1 aromatic carbocycles. The fraction of sp³-hybridized carbons (Fsp3) is 0.647. The van der Waals surface area contributed by atoms with Crippen LogP contribution in [0.15, 0.2) is 24.3 Å². The molecule has 0 atom stereocenters. The largest absolute Gasteiger partial charge is 0.389 e. The molecule has 1 aromatic rings. The Bertz CT molecular complexity index is 396. The first kappa shape index (κ1) is 13.1.